The fraction of sp³-hybridized carbons (Fsp3) is 0.185. The van der Waals surface area contributed by atoms with Crippen LogP contribution in [-0.4, -0.2) is 28.8 Å². The van der Waals surface area contributed by atoms with Crippen LogP contribution in [0.25, 0.3) is 10.9 Å². The Morgan fingerprint density at radius 3 is 2.38 bits per heavy atom. The average Bonchev–Trinajstić information content (AvgIpc) is 3.09. The van der Waals surface area contributed by atoms with Crippen LogP contribution in [0.3, 0.4) is 0 Å². The van der Waals surface area contributed by atoms with Crippen molar-refractivity contribution in [3.05, 3.63) is 94.1 Å². The zero-order valence-corrected chi connectivity index (χ0v) is 20.4. The maximum atomic E-state index is 13.5. The molecule has 192 valence electrons. The molecule has 0 saturated heterocycles. The molecule has 0 saturated carbocycles. The van der Waals surface area contributed by atoms with Gasteiger partial charge in [-0.05, 0) is 67.9 Å². The van der Waals surface area contributed by atoms with E-state index in [-0.39, 0.29) is 18.1 Å². The molecule has 1 heterocycles. The molecule has 0 fully saturated rings. The van der Waals surface area contributed by atoms with Gasteiger partial charge in [0.1, 0.15) is 17.6 Å². The van der Waals surface area contributed by atoms with Gasteiger partial charge < -0.3 is 23.9 Å². The number of carbonyl (C=O) groups is 2. The zero-order chi connectivity index (χ0) is 26.9. The molecule has 3 aromatic carbocycles. The third-order valence-corrected chi connectivity index (χ3v) is 6.00. The lowest BCUT2D eigenvalue weighted by atomic mass is 10.0. The minimum Gasteiger partial charge on any atom is -0.546 e. The maximum Gasteiger partial charge on any atom is 0.573 e. The van der Waals surface area contributed by atoms with E-state index < -0.39 is 24.2 Å². The van der Waals surface area contributed by atoms with Gasteiger partial charge in [0, 0.05) is 34.3 Å². The van der Waals surface area contributed by atoms with Crippen LogP contribution < -0.4 is 14.6 Å². The summed E-state index contributed by atoms with van der Waals surface area (Å²) in [5, 5.41) is 11.9. The molecule has 0 unspecified atom stereocenters. The number of aliphatic carboxylic acids is 1. The molecule has 0 aliphatic carbocycles. The highest BCUT2D eigenvalue weighted by Crippen LogP contribution is 2.34. The van der Waals surface area contributed by atoms with Gasteiger partial charge in [0.15, 0.2) is 5.78 Å². The topological polar surface area (TPSA) is 80.6 Å². The Balaban J connectivity index is 1.81. The van der Waals surface area contributed by atoms with E-state index >= 15 is 0 Å². The van der Waals surface area contributed by atoms with Crippen molar-refractivity contribution in [3.8, 4) is 11.5 Å². The third kappa shape index (κ3) is 5.89. The molecule has 1 aromatic heterocycles. The molecule has 4 aromatic rings. The number of alkyl halides is 3. The summed E-state index contributed by atoms with van der Waals surface area (Å²) in [4.78, 5) is 24.5. The first-order valence-electron chi connectivity index (χ1n) is 11.1. The molecule has 0 amide bonds. The number of nitrogens with zero attached hydrogens (tertiary/aromatic N) is 1. The quantitative estimate of drug-likeness (QED) is 0.289. The summed E-state index contributed by atoms with van der Waals surface area (Å²) in [5.74, 6) is -1.84. The van der Waals surface area contributed by atoms with Crippen molar-refractivity contribution in [2.45, 2.75) is 32.9 Å². The highest BCUT2D eigenvalue weighted by atomic mass is 35.5. The first kappa shape index (κ1) is 26.1. The Bertz CT molecular complexity index is 1480. The Labute approximate surface area is 214 Å². The molecule has 0 N–H and O–H groups in total. The highest BCUT2D eigenvalue weighted by molar-refractivity contribution is 6.30. The van der Waals surface area contributed by atoms with Crippen molar-refractivity contribution in [2.24, 2.45) is 0 Å². The van der Waals surface area contributed by atoms with Crippen LogP contribution in [0.1, 0.15) is 34.1 Å². The Morgan fingerprint density at radius 2 is 1.73 bits per heavy atom. The number of ketones is 1. The number of ether oxygens (including phenoxy) is 2. The van der Waals surface area contributed by atoms with E-state index in [1.807, 2.05) is 0 Å². The molecule has 6 nitrogen and oxygen atoms in total. The van der Waals surface area contributed by atoms with Crippen molar-refractivity contribution in [3.63, 3.8) is 0 Å². The number of halogens is 4. The van der Waals surface area contributed by atoms with Crippen molar-refractivity contribution >= 4 is 34.3 Å². The van der Waals surface area contributed by atoms with Crippen LogP contribution >= 0.6 is 11.6 Å². The van der Waals surface area contributed by atoms with E-state index in [0.717, 1.165) is 6.07 Å². The standard InChI is InChI=1S/C27H21ClF3NO5/c1-15-24(25(33)18-6-8-19(28)9-7-18)22-11-10-21(37-27(29,30)31)13-23(22)32(15)14-17-4-3-5-20(12-17)36-16(2)26(34)35/h3-13,16H,14H2,1-2H3,(H,34,35)/p-1/t16-/m1/s1. The largest absolute Gasteiger partial charge is 0.573 e. The molecule has 0 aliphatic rings. The number of benzene rings is 3. The van der Waals surface area contributed by atoms with E-state index in [1.165, 1.54) is 19.1 Å². The van der Waals surface area contributed by atoms with Gasteiger partial charge in [-0.25, -0.2) is 0 Å². The van der Waals surface area contributed by atoms with Gasteiger partial charge in [0.2, 0.25) is 0 Å². The Kier molecular flexibility index (Phi) is 7.18. The fourth-order valence-corrected chi connectivity index (χ4v) is 4.17. The van der Waals surface area contributed by atoms with Gasteiger partial charge in [0.05, 0.1) is 17.0 Å². The van der Waals surface area contributed by atoms with E-state index in [2.05, 4.69) is 4.74 Å². The van der Waals surface area contributed by atoms with E-state index in [0.29, 0.717) is 38.3 Å². The number of aromatic nitrogens is 1. The molecule has 0 radical (unpaired) electrons. The van der Waals surface area contributed by atoms with Gasteiger partial charge in [-0.2, -0.15) is 0 Å². The normalized spacial score (nSPS) is 12.4. The van der Waals surface area contributed by atoms with Crippen molar-refractivity contribution in [2.75, 3.05) is 0 Å². The second-order valence-corrected chi connectivity index (χ2v) is 8.77. The summed E-state index contributed by atoms with van der Waals surface area (Å²) in [6.07, 6.45) is -6.07. The monoisotopic (exact) mass is 530 g/mol. The lowest BCUT2D eigenvalue weighted by molar-refractivity contribution is -0.312. The van der Waals surface area contributed by atoms with Gasteiger partial charge >= 0.3 is 6.36 Å². The second-order valence-electron chi connectivity index (χ2n) is 8.34. The number of carboxylic acids is 1. The molecular formula is C27H20ClF3NO5-. The molecule has 10 heteroatoms. The minimum atomic E-state index is -4.89. The van der Waals surface area contributed by atoms with Crippen LogP contribution in [0, 0.1) is 6.92 Å². The van der Waals surface area contributed by atoms with E-state index in [4.69, 9.17) is 16.3 Å². The number of carbonyl (C=O) groups excluding carboxylic acids is 2. The van der Waals surface area contributed by atoms with E-state index in [9.17, 15) is 27.9 Å². The van der Waals surface area contributed by atoms with Crippen LogP contribution in [0.15, 0.2) is 66.7 Å². The summed E-state index contributed by atoms with van der Waals surface area (Å²) in [7, 11) is 0. The first-order chi connectivity index (χ1) is 17.4. The minimum absolute atomic E-state index is 0.155. The predicted molar refractivity (Wildman–Crippen MR) is 129 cm³/mol. The second kappa shape index (κ2) is 10.2. The smallest absolute Gasteiger partial charge is 0.546 e. The molecule has 0 bridgehead atoms. The molecule has 0 spiro atoms. The molecular weight excluding hydrogens is 511 g/mol. The SMILES string of the molecule is Cc1c(C(=O)c2ccc(Cl)cc2)c2ccc(OC(F)(F)F)cc2n1Cc1cccc(O[C@H](C)C(=O)[O-])c1. The molecule has 1 atom stereocenters. The molecule has 4 rings (SSSR count). The number of hydrogen-bond donors (Lipinski definition) is 0. The lowest BCUT2D eigenvalue weighted by Crippen LogP contribution is -2.37. The average molecular weight is 531 g/mol. The predicted octanol–water partition coefficient (Wildman–Crippen LogP) is 5.30. The maximum absolute atomic E-state index is 13.5. The van der Waals surface area contributed by atoms with Crippen LogP contribution in [0.2, 0.25) is 5.02 Å². The zero-order valence-electron chi connectivity index (χ0n) is 19.6. The van der Waals surface area contributed by atoms with Crippen LogP contribution in [0.5, 0.6) is 11.5 Å². The van der Waals surface area contributed by atoms with Gasteiger partial charge in [-0.1, -0.05) is 23.7 Å². The lowest BCUT2D eigenvalue weighted by Gasteiger charge is -2.16. The molecule has 0 aliphatic heterocycles. The summed E-state index contributed by atoms with van der Waals surface area (Å²) < 4.78 is 49.9. The van der Waals surface area contributed by atoms with Gasteiger partial charge in [0.25, 0.3) is 0 Å². The van der Waals surface area contributed by atoms with Crippen LogP contribution in [0.4, 0.5) is 13.2 Å². The van der Waals surface area contributed by atoms with Crippen molar-refractivity contribution < 1.29 is 37.3 Å². The van der Waals surface area contributed by atoms with Crippen molar-refractivity contribution in [1.82, 2.24) is 4.57 Å². The summed E-state index contributed by atoms with van der Waals surface area (Å²) in [6, 6.07) is 16.7. The molecule has 37 heavy (non-hydrogen) atoms. The third-order valence-electron chi connectivity index (χ3n) is 5.75. The Morgan fingerprint density at radius 1 is 1.03 bits per heavy atom. The summed E-state index contributed by atoms with van der Waals surface area (Å²) >= 11 is 5.95. The first-order valence-corrected chi connectivity index (χ1v) is 11.5. The summed E-state index contributed by atoms with van der Waals surface area (Å²) in [6.45, 7) is 3.19. The van der Waals surface area contributed by atoms with E-state index in [1.54, 1.807) is 60.0 Å². The highest BCUT2D eigenvalue weighted by Gasteiger charge is 2.31. The van der Waals surface area contributed by atoms with Gasteiger partial charge in [-0.3, -0.25) is 4.79 Å². The Hall–Kier alpha value is -3.98. The van der Waals surface area contributed by atoms with Crippen molar-refractivity contribution in [1.29, 1.82) is 0 Å². The number of fused-ring (bicyclic) bond motifs is 1. The van der Waals surface area contributed by atoms with Gasteiger partial charge in [-0.15, -0.1) is 13.2 Å². The fourth-order valence-electron chi connectivity index (χ4n) is 4.04. The number of carboxylic acid groups (broad SMARTS) is 1. The number of hydrogen-bond acceptors (Lipinski definition) is 5. The summed E-state index contributed by atoms with van der Waals surface area (Å²) in [5.41, 5.74) is 2.23. The van der Waals surface area contributed by atoms with Crippen LogP contribution in [-0.2, 0) is 11.3 Å². The number of rotatable bonds is 8.